The zero-order valence-electron chi connectivity index (χ0n) is 33.6. The lowest BCUT2D eigenvalue weighted by Crippen LogP contribution is -2.32. The van der Waals surface area contributed by atoms with E-state index in [-0.39, 0.29) is 0 Å². The highest BCUT2D eigenvalue weighted by atomic mass is 32.2. The SMILES string of the molecule is c1ccc(-c2ccc(-c3nc(-c4ccc(-c5cccc6c5C5(c7ccccc7-6)c6ccc7ccccc7c6Sc6c5ccc5ccccc65)cc4)nc4ccccc34)cc2)cc1. The molecule has 2 nitrogen and oxygen atoms in total. The van der Waals surface area contributed by atoms with E-state index in [1.54, 1.807) is 0 Å². The van der Waals surface area contributed by atoms with Gasteiger partial charge in [-0.2, -0.15) is 0 Å². The van der Waals surface area contributed by atoms with E-state index < -0.39 is 5.41 Å². The summed E-state index contributed by atoms with van der Waals surface area (Å²) >= 11 is 1.94. The van der Waals surface area contributed by atoms with E-state index in [9.17, 15) is 0 Å². The maximum Gasteiger partial charge on any atom is 0.160 e. The summed E-state index contributed by atoms with van der Waals surface area (Å²) in [6, 6.07) is 79.8. The van der Waals surface area contributed by atoms with Crippen LogP contribution in [0.15, 0.2) is 228 Å². The lowest BCUT2D eigenvalue weighted by molar-refractivity contribution is 0.731. The Morgan fingerprint density at radius 1 is 0.323 bits per heavy atom. The molecule has 0 saturated heterocycles. The fourth-order valence-corrected chi connectivity index (χ4v) is 11.8. The lowest BCUT2D eigenvalue weighted by atomic mass is 9.65. The van der Waals surface area contributed by atoms with Gasteiger partial charge in [0.1, 0.15) is 0 Å². The first kappa shape index (κ1) is 35.2. The molecule has 0 radical (unpaired) electrons. The Hall–Kier alpha value is -7.59. The number of rotatable bonds is 4. The Morgan fingerprint density at radius 3 is 1.58 bits per heavy atom. The predicted molar refractivity (Wildman–Crippen MR) is 258 cm³/mol. The summed E-state index contributed by atoms with van der Waals surface area (Å²) < 4.78 is 0. The van der Waals surface area contributed by atoms with Crippen molar-refractivity contribution in [2.75, 3.05) is 0 Å². The van der Waals surface area contributed by atoms with Crippen molar-refractivity contribution in [1.82, 2.24) is 9.97 Å². The fourth-order valence-electron chi connectivity index (χ4n) is 10.4. The van der Waals surface area contributed by atoms with Gasteiger partial charge in [0.15, 0.2) is 5.82 Å². The maximum absolute atomic E-state index is 5.29. The number of benzene rings is 10. The summed E-state index contributed by atoms with van der Waals surface area (Å²) in [5, 5.41) is 6.15. The molecule has 13 rings (SSSR count). The molecular formula is C59H36N2S. The fraction of sp³-hybridized carbons (Fsp3) is 0.0169. The van der Waals surface area contributed by atoms with Crippen LogP contribution in [0.1, 0.15) is 22.3 Å². The number of aromatic nitrogens is 2. The highest BCUT2D eigenvalue weighted by molar-refractivity contribution is 8.00. The molecule has 0 fully saturated rings. The molecular weight excluding hydrogens is 769 g/mol. The molecule has 0 saturated carbocycles. The van der Waals surface area contributed by atoms with E-state index in [4.69, 9.17) is 9.97 Å². The quantitative estimate of drug-likeness (QED) is 0.177. The smallest absolute Gasteiger partial charge is 0.160 e. The number of hydrogen-bond acceptors (Lipinski definition) is 3. The van der Waals surface area contributed by atoms with Gasteiger partial charge >= 0.3 is 0 Å². The molecule has 62 heavy (non-hydrogen) atoms. The second-order valence-electron chi connectivity index (χ2n) is 16.4. The van der Waals surface area contributed by atoms with Gasteiger partial charge in [0.2, 0.25) is 0 Å². The van der Waals surface area contributed by atoms with E-state index in [1.165, 1.54) is 81.4 Å². The molecule has 1 aliphatic carbocycles. The van der Waals surface area contributed by atoms with Crippen LogP contribution in [-0.2, 0) is 5.41 Å². The first-order valence-electron chi connectivity index (χ1n) is 21.2. The second-order valence-corrected chi connectivity index (χ2v) is 17.4. The minimum absolute atomic E-state index is 0.544. The van der Waals surface area contributed by atoms with Gasteiger partial charge in [-0.1, -0.05) is 224 Å². The molecule has 0 bridgehead atoms. The van der Waals surface area contributed by atoms with Gasteiger partial charge in [-0.05, 0) is 83.2 Å². The van der Waals surface area contributed by atoms with Crippen LogP contribution in [-0.4, -0.2) is 9.97 Å². The van der Waals surface area contributed by atoms with Gasteiger partial charge in [0.05, 0.1) is 16.6 Å². The van der Waals surface area contributed by atoms with E-state index in [0.29, 0.717) is 5.82 Å². The third-order valence-corrected chi connectivity index (χ3v) is 14.4. The highest BCUT2D eigenvalue weighted by Crippen LogP contribution is 2.65. The predicted octanol–water partition coefficient (Wildman–Crippen LogP) is 15.4. The van der Waals surface area contributed by atoms with Crippen molar-refractivity contribution >= 4 is 44.2 Å². The van der Waals surface area contributed by atoms with Gasteiger partial charge < -0.3 is 0 Å². The normalized spacial score (nSPS) is 13.2. The van der Waals surface area contributed by atoms with Crippen LogP contribution < -0.4 is 0 Å². The highest BCUT2D eigenvalue weighted by Gasteiger charge is 2.52. The van der Waals surface area contributed by atoms with Gasteiger partial charge in [0, 0.05) is 26.3 Å². The van der Waals surface area contributed by atoms with Gasteiger partial charge in [0.25, 0.3) is 0 Å². The Labute approximate surface area is 364 Å². The summed E-state index contributed by atoms with van der Waals surface area (Å²) in [4.78, 5) is 13.1. The van der Waals surface area contributed by atoms with Crippen molar-refractivity contribution in [3.05, 3.63) is 241 Å². The summed E-state index contributed by atoms with van der Waals surface area (Å²) in [5.41, 5.74) is 16.1. The second kappa shape index (κ2) is 13.7. The minimum Gasteiger partial charge on any atom is -0.228 e. The Morgan fingerprint density at radius 2 is 0.855 bits per heavy atom. The number of nitrogens with zero attached hydrogens (tertiary/aromatic N) is 2. The molecule has 2 heterocycles. The number of hydrogen-bond donors (Lipinski definition) is 0. The molecule has 2 aliphatic rings. The van der Waals surface area contributed by atoms with E-state index >= 15 is 0 Å². The average molecular weight is 805 g/mol. The van der Waals surface area contributed by atoms with E-state index in [1.807, 2.05) is 11.8 Å². The third-order valence-electron chi connectivity index (χ3n) is 13.2. The molecule has 0 N–H and O–H groups in total. The molecule has 0 atom stereocenters. The molecule has 1 aromatic heterocycles. The van der Waals surface area contributed by atoms with E-state index in [0.717, 1.165) is 33.3 Å². The Bertz CT molecular complexity index is 3510. The van der Waals surface area contributed by atoms with Gasteiger partial charge in [-0.3, -0.25) is 0 Å². The number of fused-ring (bicyclic) bond motifs is 14. The zero-order valence-corrected chi connectivity index (χ0v) is 34.4. The molecule has 11 aromatic rings. The van der Waals surface area contributed by atoms with Crippen molar-refractivity contribution in [1.29, 1.82) is 0 Å². The molecule has 1 aliphatic heterocycles. The van der Waals surface area contributed by atoms with Crippen LogP contribution in [0.3, 0.4) is 0 Å². The molecule has 3 heteroatoms. The van der Waals surface area contributed by atoms with Crippen LogP contribution in [0.2, 0.25) is 0 Å². The van der Waals surface area contributed by atoms with Crippen LogP contribution in [0.25, 0.3) is 88.5 Å². The minimum atomic E-state index is -0.544. The van der Waals surface area contributed by atoms with Crippen LogP contribution >= 0.6 is 11.8 Å². The van der Waals surface area contributed by atoms with E-state index in [2.05, 4.69) is 218 Å². The summed E-state index contributed by atoms with van der Waals surface area (Å²) in [7, 11) is 0. The number of para-hydroxylation sites is 1. The molecule has 288 valence electrons. The largest absolute Gasteiger partial charge is 0.228 e. The molecule has 10 aromatic carbocycles. The van der Waals surface area contributed by atoms with Gasteiger partial charge in [-0.25, -0.2) is 9.97 Å². The molecule has 0 amide bonds. The summed E-state index contributed by atoms with van der Waals surface area (Å²) in [5.74, 6) is 0.713. The Balaban J connectivity index is 0.999. The third kappa shape index (κ3) is 5.12. The topological polar surface area (TPSA) is 25.8 Å². The summed E-state index contributed by atoms with van der Waals surface area (Å²) in [6.07, 6.45) is 0. The summed E-state index contributed by atoms with van der Waals surface area (Å²) in [6.45, 7) is 0. The van der Waals surface area contributed by atoms with Gasteiger partial charge in [-0.15, -0.1) is 0 Å². The van der Waals surface area contributed by atoms with Crippen LogP contribution in [0.5, 0.6) is 0 Å². The van der Waals surface area contributed by atoms with Crippen molar-refractivity contribution < 1.29 is 0 Å². The van der Waals surface area contributed by atoms with Crippen LogP contribution in [0.4, 0.5) is 0 Å². The first-order valence-corrected chi connectivity index (χ1v) is 22.0. The molecule has 1 spiro atoms. The lowest BCUT2D eigenvalue weighted by Gasteiger charge is -2.41. The monoisotopic (exact) mass is 804 g/mol. The van der Waals surface area contributed by atoms with Crippen molar-refractivity contribution in [3.8, 4) is 56.0 Å². The first-order chi connectivity index (χ1) is 30.7. The maximum atomic E-state index is 5.29. The molecule has 0 unspecified atom stereocenters. The van der Waals surface area contributed by atoms with Crippen molar-refractivity contribution in [2.45, 2.75) is 15.2 Å². The zero-order chi connectivity index (χ0) is 40.8. The Kier molecular flexibility index (Phi) is 7.79. The van der Waals surface area contributed by atoms with Crippen molar-refractivity contribution in [2.24, 2.45) is 0 Å². The van der Waals surface area contributed by atoms with Crippen LogP contribution in [0, 0.1) is 0 Å². The standard InChI is InChI=1S/C59H36N2S/c1-2-13-37(14-3-1)38-25-29-42(30-26-38)55-49-20-9-11-24-53(49)60-58(61-55)43-31-27-41(28-32-43)44-21-12-22-48-47-19-8-10-23-50(47)59(54(44)48)51-35-33-39-15-4-6-17-45(39)56(51)62-57-46-18-7-5-16-40(46)34-36-52(57)59/h1-36H. The van der Waals surface area contributed by atoms with Crippen molar-refractivity contribution in [3.63, 3.8) is 0 Å². The average Bonchev–Trinajstić information content (AvgIpc) is 3.64.